The van der Waals surface area contributed by atoms with Crippen molar-refractivity contribution < 1.29 is 28.4 Å². The number of nitrogens with zero attached hydrogens (tertiary/aromatic N) is 1. The van der Waals surface area contributed by atoms with Crippen LogP contribution >= 0.6 is 0 Å². The van der Waals surface area contributed by atoms with Gasteiger partial charge in [-0.3, -0.25) is 14.4 Å². The fourth-order valence-corrected chi connectivity index (χ4v) is 4.98. The van der Waals surface area contributed by atoms with Crippen molar-refractivity contribution in [3.05, 3.63) is 41.8 Å². The van der Waals surface area contributed by atoms with Crippen molar-refractivity contribution in [3.8, 4) is 11.5 Å². The Balaban J connectivity index is 1.65. The van der Waals surface area contributed by atoms with Crippen molar-refractivity contribution >= 4 is 17.7 Å². The Morgan fingerprint density at radius 1 is 1.03 bits per heavy atom. The fourth-order valence-electron chi connectivity index (χ4n) is 4.98. The minimum atomic E-state index is -0.781. The van der Waals surface area contributed by atoms with Crippen molar-refractivity contribution in [2.45, 2.75) is 77.3 Å². The molecule has 0 bridgehead atoms. The number of rotatable bonds is 14. The second-order valence-corrected chi connectivity index (χ2v) is 10.2. The van der Waals surface area contributed by atoms with Gasteiger partial charge in [-0.1, -0.05) is 63.6 Å². The van der Waals surface area contributed by atoms with Gasteiger partial charge in [0, 0.05) is 12.6 Å². The van der Waals surface area contributed by atoms with E-state index in [1.807, 2.05) is 32.0 Å². The molecule has 10 heteroatoms. The molecule has 0 unspecified atom stereocenters. The topological polar surface area (TPSA) is 132 Å². The quantitative estimate of drug-likeness (QED) is 0.332. The number of ether oxygens (including phenoxy) is 2. The van der Waals surface area contributed by atoms with Crippen molar-refractivity contribution in [3.63, 3.8) is 0 Å². The van der Waals surface area contributed by atoms with Crippen LogP contribution in [-0.2, 0) is 16.0 Å². The SMILES string of the molecule is CC[C@H](C)[C@H](NC(=O)[C@H](CC1CCCCC1)NC(=O)c1ccno1)C(=O)NCCc1ccc(OC)c(OC)c1. The Bertz CT molecular complexity index is 1070. The van der Waals surface area contributed by atoms with E-state index in [2.05, 4.69) is 21.1 Å². The lowest BCUT2D eigenvalue weighted by atomic mass is 9.84. The van der Waals surface area contributed by atoms with Crippen LogP contribution in [0.25, 0.3) is 0 Å². The van der Waals surface area contributed by atoms with Gasteiger partial charge in [-0.05, 0) is 42.4 Å². The summed E-state index contributed by atoms with van der Waals surface area (Å²) in [5.74, 6) is 0.429. The molecule has 1 heterocycles. The van der Waals surface area contributed by atoms with Crippen LogP contribution in [0.1, 0.15) is 74.9 Å². The van der Waals surface area contributed by atoms with Gasteiger partial charge in [0.05, 0.1) is 20.4 Å². The average molecular weight is 543 g/mol. The van der Waals surface area contributed by atoms with E-state index < -0.39 is 18.0 Å². The van der Waals surface area contributed by atoms with E-state index in [0.29, 0.717) is 43.2 Å². The van der Waals surface area contributed by atoms with Crippen LogP contribution < -0.4 is 25.4 Å². The van der Waals surface area contributed by atoms with Crippen LogP contribution in [0.15, 0.2) is 35.0 Å². The van der Waals surface area contributed by atoms with Crippen LogP contribution in [-0.4, -0.2) is 55.7 Å². The lowest BCUT2D eigenvalue weighted by Gasteiger charge is -2.29. The third-order valence-corrected chi connectivity index (χ3v) is 7.53. The highest BCUT2D eigenvalue weighted by molar-refractivity contribution is 5.96. The van der Waals surface area contributed by atoms with E-state index in [4.69, 9.17) is 14.0 Å². The standard InChI is InChI=1S/C29H42N4O6/c1-5-19(2)26(29(36)30-15-13-21-11-12-23(37-3)25(18-21)38-4)33-27(34)22(17-20-9-7-6-8-10-20)32-28(35)24-14-16-31-39-24/h11-12,14,16,18-20,22,26H,5-10,13,15,17H2,1-4H3,(H,30,36)(H,32,35)(H,33,34)/t19-,22-,26-/m0/s1. The molecule has 0 spiro atoms. The average Bonchev–Trinajstić information content (AvgIpc) is 3.51. The van der Waals surface area contributed by atoms with E-state index in [1.165, 1.54) is 18.7 Å². The first kappa shape index (κ1) is 30.0. The molecule has 1 aromatic carbocycles. The molecule has 1 aliphatic carbocycles. The predicted octanol–water partition coefficient (Wildman–Crippen LogP) is 3.65. The predicted molar refractivity (Wildman–Crippen MR) is 147 cm³/mol. The summed E-state index contributed by atoms with van der Waals surface area (Å²) in [6.07, 6.45) is 8.66. The lowest BCUT2D eigenvalue weighted by Crippen LogP contribution is -2.56. The lowest BCUT2D eigenvalue weighted by molar-refractivity contribution is -0.131. The van der Waals surface area contributed by atoms with Gasteiger partial charge < -0.3 is 29.9 Å². The van der Waals surface area contributed by atoms with E-state index in [0.717, 1.165) is 31.2 Å². The number of carbonyl (C=O) groups excluding carboxylic acids is 3. The number of nitrogens with one attached hydrogen (secondary N) is 3. The minimum Gasteiger partial charge on any atom is -0.493 e. The Morgan fingerprint density at radius 2 is 1.77 bits per heavy atom. The highest BCUT2D eigenvalue weighted by atomic mass is 16.5. The monoisotopic (exact) mass is 542 g/mol. The maximum absolute atomic E-state index is 13.5. The van der Waals surface area contributed by atoms with Crippen molar-refractivity contribution in [1.29, 1.82) is 0 Å². The van der Waals surface area contributed by atoms with Gasteiger partial charge in [0.2, 0.25) is 17.6 Å². The molecule has 0 aliphatic heterocycles. The second-order valence-electron chi connectivity index (χ2n) is 10.2. The zero-order valence-corrected chi connectivity index (χ0v) is 23.5. The molecule has 0 radical (unpaired) electrons. The summed E-state index contributed by atoms with van der Waals surface area (Å²) < 4.78 is 15.6. The second kappa shape index (κ2) is 15.1. The largest absolute Gasteiger partial charge is 0.493 e. The fraction of sp³-hybridized carbons (Fsp3) is 0.586. The number of carbonyl (C=O) groups is 3. The molecule has 1 saturated carbocycles. The molecular formula is C29H42N4O6. The molecule has 214 valence electrons. The summed E-state index contributed by atoms with van der Waals surface area (Å²) in [6.45, 7) is 4.30. The van der Waals surface area contributed by atoms with Gasteiger partial charge >= 0.3 is 0 Å². The third-order valence-electron chi connectivity index (χ3n) is 7.53. The Kier molecular flexibility index (Phi) is 11.6. The molecule has 1 aliphatic rings. The molecule has 3 rings (SSSR count). The number of aromatic nitrogens is 1. The molecule has 2 aromatic rings. The first-order chi connectivity index (χ1) is 18.9. The Hall–Kier alpha value is -3.56. The van der Waals surface area contributed by atoms with Gasteiger partial charge in [0.25, 0.3) is 5.91 Å². The maximum atomic E-state index is 13.5. The number of hydrogen-bond acceptors (Lipinski definition) is 7. The van der Waals surface area contributed by atoms with E-state index >= 15 is 0 Å². The number of hydrogen-bond donors (Lipinski definition) is 3. The summed E-state index contributed by atoms with van der Waals surface area (Å²) in [5, 5.41) is 12.3. The number of benzene rings is 1. The zero-order chi connectivity index (χ0) is 28.2. The Morgan fingerprint density at radius 3 is 2.41 bits per heavy atom. The first-order valence-corrected chi connectivity index (χ1v) is 13.9. The molecular weight excluding hydrogens is 500 g/mol. The van der Waals surface area contributed by atoms with Crippen LogP contribution in [0.5, 0.6) is 11.5 Å². The molecule has 3 atom stereocenters. The highest BCUT2D eigenvalue weighted by Crippen LogP contribution is 2.28. The van der Waals surface area contributed by atoms with Gasteiger partial charge in [-0.2, -0.15) is 0 Å². The number of methoxy groups -OCH3 is 2. The molecule has 10 nitrogen and oxygen atoms in total. The van der Waals surface area contributed by atoms with Crippen LogP contribution in [0.4, 0.5) is 0 Å². The van der Waals surface area contributed by atoms with Crippen molar-refractivity contribution in [2.75, 3.05) is 20.8 Å². The van der Waals surface area contributed by atoms with E-state index in [-0.39, 0.29) is 23.5 Å². The van der Waals surface area contributed by atoms with Gasteiger partial charge in [-0.25, -0.2) is 0 Å². The molecule has 1 fully saturated rings. The summed E-state index contributed by atoms with van der Waals surface area (Å²) in [5.41, 5.74) is 0.986. The van der Waals surface area contributed by atoms with Gasteiger partial charge in [-0.15, -0.1) is 0 Å². The van der Waals surface area contributed by atoms with Gasteiger partial charge in [0.1, 0.15) is 12.1 Å². The Labute approximate surface area is 230 Å². The summed E-state index contributed by atoms with van der Waals surface area (Å²) in [6, 6.07) is 5.58. The zero-order valence-electron chi connectivity index (χ0n) is 23.5. The summed E-state index contributed by atoms with van der Waals surface area (Å²) in [4.78, 5) is 39.5. The summed E-state index contributed by atoms with van der Waals surface area (Å²) >= 11 is 0. The van der Waals surface area contributed by atoms with Crippen LogP contribution in [0.2, 0.25) is 0 Å². The molecule has 3 amide bonds. The first-order valence-electron chi connectivity index (χ1n) is 13.9. The molecule has 0 saturated heterocycles. The van der Waals surface area contributed by atoms with E-state index in [1.54, 1.807) is 14.2 Å². The van der Waals surface area contributed by atoms with Gasteiger partial charge in [0.15, 0.2) is 11.5 Å². The highest BCUT2D eigenvalue weighted by Gasteiger charge is 2.32. The normalized spacial score (nSPS) is 16.0. The van der Waals surface area contributed by atoms with Crippen LogP contribution in [0, 0.1) is 11.8 Å². The molecule has 1 aromatic heterocycles. The van der Waals surface area contributed by atoms with Crippen LogP contribution in [0.3, 0.4) is 0 Å². The van der Waals surface area contributed by atoms with Crippen molar-refractivity contribution in [1.82, 2.24) is 21.1 Å². The van der Waals surface area contributed by atoms with Crippen molar-refractivity contribution in [2.24, 2.45) is 11.8 Å². The number of amides is 3. The third kappa shape index (κ3) is 8.73. The molecule has 3 N–H and O–H groups in total. The molecule has 39 heavy (non-hydrogen) atoms. The summed E-state index contributed by atoms with van der Waals surface area (Å²) in [7, 11) is 3.17. The van der Waals surface area contributed by atoms with E-state index in [9.17, 15) is 14.4 Å². The maximum Gasteiger partial charge on any atom is 0.290 e. The minimum absolute atomic E-state index is 0.0443. The smallest absolute Gasteiger partial charge is 0.290 e.